The van der Waals surface area contributed by atoms with Gasteiger partial charge in [-0.15, -0.1) is 0 Å². The zero-order valence-electron chi connectivity index (χ0n) is 21.6. The van der Waals surface area contributed by atoms with Crippen molar-refractivity contribution in [2.75, 3.05) is 18.4 Å². The number of imidazole rings is 1. The number of nitrogens with one attached hydrogen (secondary N) is 1. The Morgan fingerprint density at radius 2 is 2.00 bits per heavy atom. The van der Waals surface area contributed by atoms with Crippen LogP contribution in [-0.2, 0) is 17.3 Å². The maximum Gasteiger partial charge on any atom is 0.419 e. The van der Waals surface area contributed by atoms with Gasteiger partial charge in [0.15, 0.2) is 0 Å². The Kier molecular flexibility index (Phi) is 7.76. The highest BCUT2D eigenvalue weighted by atomic mass is 19.4. The highest BCUT2D eigenvalue weighted by Gasteiger charge is 2.35. The number of hydrogen-bond donors (Lipinski definition) is 1. The monoisotopic (exact) mass is 545 g/mol. The first-order chi connectivity index (χ1) is 18.4. The molecule has 1 aliphatic heterocycles. The number of amides is 1. The van der Waals surface area contributed by atoms with E-state index in [1.54, 1.807) is 25.7 Å². The number of aromatic nitrogens is 4. The summed E-state index contributed by atoms with van der Waals surface area (Å²) in [5.41, 5.74) is -1.66. The van der Waals surface area contributed by atoms with Gasteiger partial charge in [-0.3, -0.25) is 4.57 Å². The Morgan fingerprint density at radius 3 is 2.69 bits per heavy atom. The number of likely N-dealkylation sites (tertiary alicyclic amines) is 1. The molecule has 0 aliphatic carbocycles. The van der Waals surface area contributed by atoms with Gasteiger partial charge in [0.25, 0.3) is 0 Å². The largest absolute Gasteiger partial charge is 0.444 e. The van der Waals surface area contributed by atoms with Gasteiger partial charge in [-0.1, -0.05) is 0 Å². The fraction of sp³-hybridized carbons (Fsp3) is 0.423. The lowest BCUT2D eigenvalue weighted by Crippen LogP contribution is -2.47. The minimum atomic E-state index is -4.90. The third kappa shape index (κ3) is 6.63. The molecule has 1 saturated heterocycles. The molecule has 1 N–H and O–H groups in total. The van der Waals surface area contributed by atoms with E-state index in [2.05, 4.69) is 20.3 Å². The average Bonchev–Trinajstić information content (AvgIpc) is 3.27. The number of nitriles is 1. The molecule has 0 spiro atoms. The molecule has 0 saturated carbocycles. The number of piperidine rings is 1. The lowest BCUT2D eigenvalue weighted by Gasteiger charge is -2.34. The van der Waals surface area contributed by atoms with Gasteiger partial charge in [-0.25, -0.2) is 19.2 Å². The van der Waals surface area contributed by atoms with E-state index >= 15 is 0 Å². The highest BCUT2D eigenvalue weighted by molar-refractivity contribution is 5.68. The first-order valence-electron chi connectivity index (χ1n) is 12.2. The molecule has 3 heterocycles. The van der Waals surface area contributed by atoms with Gasteiger partial charge in [0, 0.05) is 30.9 Å². The first kappa shape index (κ1) is 27.8. The summed E-state index contributed by atoms with van der Waals surface area (Å²) in [5.74, 6) is -0.865. The number of hydrogen-bond acceptors (Lipinski definition) is 7. The minimum Gasteiger partial charge on any atom is -0.444 e. The molecule has 206 valence electrons. The average molecular weight is 546 g/mol. The number of anilines is 1. The molecule has 1 aliphatic rings. The SMILES string of the molecule is CC(C)(C)OC(=O)N1CCCC(Nc2nccc(-n3c(CC#N)cnc3-c3ccc(F)c(C(F)(F)F)c3)n2)C1. The number of nitrogens with zero attached hydrogens (tertiary/aromatic N) is 6. The van der Waals surface area contributed by atoms with Crippen molar-refractivity contribution in [3.8, 4) is 23.3 Å². The quantitative estimate of drug-likeness (QED) is 0.430. The second kappa shape index (κ2) is 10.9. The van der Waals surface area contributed by atoms with E-state index in [1.165, 1.54) is 29.1 Å². The van der Waals surface area contributed by atoms with Crippen molar-refractivity contribution in [2.24, 2.45) is 0 Å². The number of alkyl halides is 3. The summed E-state index contributed by atoms with van der Waals surface area (Å²) in [5, 5.41) is 12.5. The van der Waals surface area contributed by atoms with Crippen LogP contribution in [0.5, 0.6) is 0 Å². The summed E-state index contributed by atoms with van der Waals surface area (Å²) in [6, 6.07) is 5.96. The molecule has 3 aromatic rings. The van der Waals surface area contributed by atoms with Crippen molar-refractivity contribution in [3.05, 3.63) is 53.7 Å². The molecule has 39 heavy (non-hydrogen) atoms. The number of rotatable bonds is 5. The molecule has 1 fully saturated rings. The normalized spacial score (nSPS) is 16.1. The fourth-order valence-corrected chi connectivity index (χ4v) is 4.25. The van der Waals surface area contributed by atoms with Crippen LogP contribution in [0.1, 0.15) is 44.9 Å². The standard InChI is InChI=1S/C26H27F4N7O2/c1-25(2,3)39-24(38)36-12-4-5-17(15-36)34-23-32-11-9-21(35-23)37-18(8-10-31)14-33-22(37)16-6-7-20(27)19(13-16)26(28,29)30/h6-7,9,11,13-14,17H,4-5,8,12,15H2,1-3H3,(H,32,34,35). The molecule has 2 aromatic heterocycles. The van der Waals surface area contributed by atoms with Crippen molar-refractivity contribution in [2.45, 2.75) is 57.9 Å². The Balaban J connectivity index is 1.63. The van der Waals surface area contributed by atoms with E-state index in [-0.39, 0.29) is 35.6 Å². The van der Waals surface area contributed by atoms with Crippen LogP contribution in [0.3, 0.4) is 0 Å². The molecule has 1 unspecified atom stereocenters. The molecule has 0 radical (unpaired) electrons. The number of halogens is 4. The second-order valence-electron chi connectivity index (χ2n) is 10.1. The molecule has 0 bridgehead atoms. The number of benzene rings is 1. The van der Waals surface area contributed by atoms with Crippen LogP contribution in [-0.4, -0.2) is 55.2 Å². The summed E-state index contributed by atoms with van der Waals surface area (Å²) in [7, 11) is 0. The van der Waals surface area contributed by atoms with Crippen LogP contribution in [0.2, 0.25) is 0 Å². The molecule has 4 rings (SSSR count). The van der Waals surface area contributed by atoms with Crippen LogP contribution in [0.25, 0.3) is 17.2 Å². The molecule has 13 heteroatoms. The summed E-state index contributed by atoms with van der Waals surface area (Å²) >= 11 is 0. The predicted molar refractivity (Wildman–Crippen MR) is 133 cm³/mol. The summed E-state index contributed by atoms with van der Waals surface area (Å²) in [6.07, 6.45) is -1.09. The van der Waals surface area contributed by atoms with Crippen LogP contribution in [0.15, 0.2) is 36.7 Å². The Bertz CT molecular complexity index is 1390. The van der Waals surface area contributed by atoms with Crippen molar-refractivity contribution >= 4 is 12.0 Å². The smallest absolute Gasteiger partial charge is 0.419 e. The second-order valence-corrected chi connectivity index (χ2v) is 10.1. The Labute approximate surface area is 222 Å². The molecule has 1 atom stereocenters. The van der Waals surface area contributed by atoms with E-state index < -0.39 is 29.3 Å². The van der Waals surface area contributed by atoms with E-state index in [9.17, 15) is 27.6 Å². The highest BCUT2D eigenvalue weighted by Crippen LogP contribution is 2.35. The summed E-state index contributed by atoms with van der Waals surface area (Å²) in [4.78, 5) is 27.1. The fourth-order valence-electron chi connectivity index (χ4n) is 4.25. The van der Waals surface area contributed by atoms with Crippen molar-refractivity contribution in [1.29, 1.82) is 5.26 Å². The zero-order chi connectivity index (χ0) is 28.4. The lowest BCUT2D eigenvalue weighted by atomic mass is 10.1. The summed E-state index contributed by atoms with van der Waals surface area (Å²) in [6.45, 7) is 6.32. The maximum atomic E-state index is 13.9. The van der Waals surface area contributed by atoms with Gasteiger partial charge in [-0.2, -0.15) is 23.4 Å². The third-order valence-electron chi connectivity index (χ3n) is 5.90. The van der Waals surface area contributed by atoms with E-state index in [1.807, 2.05) is 6.07 Å². The Morgan fingerprint density at radius 1 is 1.23 bits per heavy atom. The summed E-state index contributed by atoms with van der Waals surface area (Å²) < 4.78 is 60.9. The van der Waals surface area contributed by atoms with E-state index in [0.29, 0.717) is 24.8 Å². The lowest BCUT2D eigenvalue weighted by molar-refractivity contribution is -0.139. The van der Waals surface area contributed by atoms with Crippen LogP contribution in [0, 0.1) is 17.1 Å². The molecular formula is C26H27F4N7O2. The van der Waals surface area contributed by atoms with Crippen molar-refractivity contribution < 1.29 is 27.1 Å². The third-order valence-corrected chi connectivity index (χ3v) is 5.90. The van der Waals surface area contributed by atoms with Crippen LogP contribution in [0.4, 0.5) is 28.3 Å². The first-order valence-corrected chi connectivity index (χ1v) is 12.2. The molecule has 1 aromatic carbocycles. The minimum absolute atomic E-state index is 0.00122. The van der Waals surface area contributed by atoms with Gasteiger partial charge >= 0.3 is 12.3 Å². The van der Waals surface area contributed by atoms with E-state index in [0.717, 1.165) is 18.9 Å². The van der Waals surface area contributed by atoms with Gasteiger partial charge in [-0.05, 0) is 57.9 Å². The number of ether oxygens (including phenoxy) is 1. The Hall–Kier alpha value is -4.21. The van der Waals surface area contributed by atoms with Gasteiger partial charge in [0.1, 0.15) is 23.1 Å². The maximum absolute atomic E-state index is 13.9. The number of carbonyl (C=O) groups excluding carboxylic acids is 1. The molecule has 1 amide bonds. The van der Waals surface area contributed by atoms with E-state index in [4.69, 9.17) is 4.74 Å². The van der Waals surface area contributed by atoms with Crippen molar-refractivity contribution in [3.63, 3.8) is 0 Å². The van der Waals surface area contributed by atoms with Crippen LogP contribution >= 0.6 is 0 Å². The molecular weight excluding hydrogens is 518 g/mol. The molecule has 9 nitrogen and oxygen atoms in total. The van der Waals surface area contributed by atoms with Gasteiger partial charge in [0.2, 0.25) is 5.95 Å². The predicted octanol–water partition coefficient (Wildman–Crippen LogP) is 5.36. The topological polar surface area (TPSA) is 109 Å². The van der Waals surface area contributed by atoms with Gasteiger partial charge in [0.05, 0.1) is 29.9 Å². The van der Waals surface area contributed by atoms with Gasteiger partial charge < -0.3 is 15.0 Å². The van der Waals surface area contributed by atoms with Crippen molar-refractivity contribution in [1.82, 2.24) is 24.4 Å². The zero-order valence-corrected chi connectivity index (χ0v) is 21.6. The number of carbonyl (C=O) groups is 1. The van der Waals surface area contributed by atoms with Crippen LogP contribution < -0.4 is 5.32 Å².